The second-order valence-electron chi connectivity index (χ2n) is 9.45. The summed E-state index contributed by atoms with van der Waals surface area (Å²) >= 11 is 0. The van der Waals surface area contributed by atoms with E-state index >= 15 is 0 Å². The lowest BCUT2D eigenvalue weighted by atomic mass is 9.46. The number of fused-ring (bicyclic) bond motifs is 3. The van der Waals surface area contributed by atoms with Gasteiger partial charge in [-0.3, -0.25) is 0 Å². The minimum absolute atomic E-state index is 0.0274. The molecule has 0 bridgehead atoms. The Kier molecular flexibility index (Phi) is 4.66. The van der Waals surface area contributed by atoms with Gasteiger partial charge in [-0.05, 0) is 68.1 Å². The molecule has 0 saturated heterocycles. The third-order valence-electron chi connectivity index (χ3n) is 7.69. The van der Waals surface area contributed by atoms with Crippen LogP contribution >= 0.6 is 0 Å². The molecule has 4 heteroatoms. The summed E-state index contributed by atoms with van der Waals surface area (Å²) in [6.07, 6.45) is 6.73. The van der Waals surface area contributed by atoms with Crippen LogP contribution < -0.4 is 0 Å². The van der Waals surface area contributed by atoms with Crippen LogP contribution in [0.5, 0.6) is 0 Å². The maximum absolute atomic E-state index is 10.7. The van der Waals surface area contributed by atoms with Crippen molar-refractivity contribution in [3.05, 3.63) is 11.6 Å². The van der Waals surface area contributed by atoms with Crippen molar-refractivity contribution in [2.24, 2.45) is 28.6 Å². The number of aliphatic hydroxyl groups excluding tert-OH is 3. The molecule has 0 heterocycles. The maximum Gasteiger partial charge on any atom is 0.0704 e. The van der Waals surface area contributed by atoms with E-state index in [0.717, 1.165) is 25.7 Å². The van der Waals surface area contributed by atoms with Gasteiger partial charge in [-0.2, -0.15) is 0 Å². The third kappa shape index (κ3) is 2.76. The molecule has 138 valence electrons. The SMILES string of the molecule is CC1(O)CC[C@@H]2C(=C[C@H]1CO)CC[C@@H]1[C@](C)(CO)C[C@H](O)C[C@@]21C. The summed E-state index contributed by atoms with van der Waals surface area (Å²) in [4.78, 5) is 0. The quantitative estimate of drug-likeness (QED) is 0.582. The van der Waals surface area contributed by atoms with Crippen LogP contribution in [0.3, 0.4) is 0 Å². The summed E-state index contributed by atoms with van der Waals surface area (Å²) in [5, 5.41) is 41.0. The van der Waals surface area contributed by atoms with Gasteiger partial charge in [0.1, 0.15) is 0 Å². The van der Waals surface area contributed by atoms with Crippen molar-refractivity contribution in [1.82, 2.24) is 0 Å². The summed E-state index contributed by atoms with van der Waals surface area (Å²) in [5.41, 5.74) is 0.182. The van der Waals surface area contributed by atoms with Gasteiger partial charge in [-0.15, -0.1) is 0 Å². The third-order valence-corrected chi connectivity index (χ3v) is 7.69. The summed E-state index contributed by atoms with van der Waals surface area (Å²) in [7, 11) is 0. The van der Waals surface area contributed by atoms with Gasteiger partial charge in [0.2, 0.25) is 0 Å². The van der Waals surface area contributed by atoms with Crippen molar-refractivity contribution < 1.29 is 20.4 Å². The van der Waals surface area contributed by atoms with Crippen molar-refractivity contribution in [2.75, 3.05) is 13.2 Å². The zero-order valence-corrected chi connectivity index (χ0v) is 15.3. The lowest BCUT2D eigenvalue weighted by molar-refractivity contribution is -0.131. The lowest BCUT2D eigenvalue weighted by Gasteiger charge is -2.59. The van der Waals surface area contributed by atoms with E-state index in [1.165, 1.54) is 5.57 Å². The molecule has 3 rings (SSSR count). The van der Waals surface area contributed by atoms with Crippen LogP contribution in [0.15, 0.2) is 11.6 Å². The van der Waals surface area contributed by atoms with E-state index in [4.69, 9.17) is 0 Å². The Labute approximate surface area is 145 Å². The molecule has 4 nitrogen and oxygen atoms in total. The minimum atomic E-state index is -0.876. The smallest absolute Gasteiger partial charge is 0.0704 e. The van der Waals surface area contributed by atoms with Gasteiger partial charge in [-0.1, -0.05) is 25.5 Å². The van der Waals surface area contributed by atoms with Crippen LogP contribution in [0.4, 0.5) is 0 Å². The molecule has 0 aromatic carbocycles. The van der Waals surface area contributed by atoms with E-state index in [2.05, 4.69) is 19.9 Å². The maximum atomic E-state index is 10.7. The Bertz CT molecular complexity index is 514. The molecule has 3 aliphatic carbocycles. The molecule has 0 aromatic heterocycles. The Hall–Kier alpha value is -0.420. The summed E-state index contributed by atoms with van der Waals surface area (Å²) in [6.45, 7) is 6.32. The second-order valence-corrected chi connectivity index (χ2v) is 9.45. The summed E-state index contributed by atoms with van der Waals surface area (Å²) in [6, 6.07) is 0. The molecular weight excluding hydrogens is 304 g/mol. The number of hydrogen-bond acceptors (Lipinski definition) is 4. The van der Waals surface area contributed by atoms with Gasteiger partial charge in [0.05, 0.1) is 18.3 Å². The Morgan fingerprint density at radius 2 is 1.83 bits per heavy atom. The van der Waals surface area contributed by atoms with E-state index in [0.29, 0.717) is 24.7 Å². The van der Waals surface area contributed by atoms with Crippen LogP contribution in [-0.4, -0.2) is 45.3 Å². The zero-order chi connectivity index (χ0) is 17.8. The van der Waals surface area contributed by atoms with Crippen molar-refractivity contribution >= 4 is 0 Å². The topological polar surface area (TPSA) is 80.9 Å². The highest BCUT2D eigenvalue weighted by Crippen LogP contribution is 2.63. The molecule has 0 amide bonds. The highest BCUT2D eigenvalue weighted by atomic mass is 16.3. The van der Waals surface area contributed by atoms with Crippen LogP contribution in [0.2, 0.25) is 0 Å². The van der Waals surface area contributed by atoms with Crippen molar-refractivity contribution in [2.45, 2.75) is 71.0 Å². The van der Waals surface area contributed by atoms with Crippen LogP contribution in [0, 0.1) is 28.6 Å². The first-order valence-corrected chi connectivity index (χ1v) is 9.49. The molecule has 24 heavy (non-hydrogen) atoms. The molecule has 0 radical (unpaired) electrons. The van der Waals surface area contributed by atoms with Gasteiger partial charge >= 0.3 is 0 Å². The molecule has 2 fully saturated rings. The summed E-state index contributed by atoms with van der Waals surface area (Å²) < 4.78 is 0. The van der Waals surface area contributed by atoms with Crippen LogP contribution in [-0.2, 0) is 0 Å². The predicted octanol–water partition coefficient (Wildman–Crippen LogP) is 2.25. The van der Waals surface area contributed by atoms with E-state index in [1.807, 2.05) is 6.92 Å². The first-order valence-electron chi connectivity index (χ1n) is 9.49. The molecule has 4 N–H and O–H groups in total. The fourth-order valence-corrected chi connectivity index (χ4v) is 6.37. The average molecular weight is 338 g/mol. The van der Waals surface area contributed by atoms with Crippen LogP contribution in [0.1, 0.15) is 59.3 Å². The Morgan fingerprint density at radius 3 is 2.46 bits per heavy atom. The number of rotatable bonds is 2. The fraction of sp³-hybridized carbons (Fsp3) is 0.900. The number of aliphatic hydroxyl groups is 4. The van der Waals surface area contributed by atoms with E-state index in [-0.39, 0.29) is 36.1 Å². The molecule has 0 spiro atoms. The fourth-order valence-electron chi connectivity index (χ4n) is 6.37. The molecule has 2 saturated carbocycles. The van der Waals surface area contributed by atoms with Gasteiger partial charge < -0.3 is 20.4 Å². The molecule has 3 aliphatic rings. The molecular formula is C20H34O4. The molecule has 0 aliphatic heterocycles. The Balaban J connectivity index is 2.00. The van der Waals surface area contributed by atoms with Crippen molar-refractivity contribution in [3.63, 3.8) is 0 Å². The molecule has 1 unspecified atom stereocenters. The van der Waals surface area contributed by atoms with Gasteiger partial charge in [0.15, 0.2) is 0 Å². The van der Waals surface area contributed by atoms with E-state index < -0.39 is 5.60 Å². The normalized spacial score (nSPS) is 52.0. The largest absolute Gasteiger partial charge is 0.396 e. The van der Waals surface area contributed by atoms with E-state index in [9.17, 15) is 20.4 Å². The second kappa shape index (κ2) is 6.08. The van der Waals surface area contributed by atoms with Gasteiger partial charge in [0, 0.05) is 12.5 Å². The lowest BCUT2D eigenvalue weighted by Crippen LogP contribution is -2.55. The van der Waals surface area contributed by atoms with Crippen molar-refractivity contribution in [3.8, 4) is 0 Å². The molecule has 7 atom stereocenters. The zero-order valence-electron chi connectivity index (χ0n) is 15.3. The highest BCUT2D eigenvalue weighted by molar-refractivity contribution is 5.23. The monoisotopic (exact) mass is 338 g/mol. The molecule has 0 aromatic rings. The Morgan fingerprint density at radius 1 is 1.12 bits per heavy atom. The number of hydrogen-bond donors (Lipinski definition) is 4. The average Bonchev–Trinajstić information content (AvgIpc) is 2.62. The van der Waals surface area contributed by atoms with Crippen molar-refractivity contribution in [1.29, 1.82) is 0 Å². The predicted molar refractivity (Wildman–Crippen MR) is 93.3 cm³/mol. The first kappa shape index (κ1) is 18.4. The summed E-state index contributed by atoms with van der Waals surface area (Å²) in [5.74, 6) is 0.492. The van der Waals surface area contributed by atoms with E-state index in [1.54, 1.807) is 0 Å². The highest BCUT2D eigenvalue weighted by Gasteiger charge is 2.57. The number of allylic oxidation sites excluding steroid dienone is 1. The van der Waals surface area contributed by atoms with Gasteiger partial charge in [0.25, 0.3) is 0 Å². The standard InChI is InChI=1S/C20H34O4/c1-18(12-22)9-15(23)10-19(2)16-6-7-20(3,24)14(11-21)8-13(16)4-5-17(18)19/h8,14-17,21-24H,4-7,9-12H2,1-3H3/t14-,15-,16+,17+,18-,19-,20?/m0/s1. The van der Waals surface area contributed by atoms with Gasteiger partial charge in [-0.25, -0.2) is 0 Å². The van der Waals surface area contributed by atoms with Crippen LogP contribution in [0.25, 0.3) is 0 Å². The minimum Gasteiger partial charge on any atom is -0.396 e. The first-order chi connectivity index (χ1) is 11.2.